The quantitative estimate of drug-likeness (QED) is 0.482. The minimum atomic E-state index is -3.15. The van der Waals surface area contributed by atoms with Crippen LogP contribution in [0.2, 0.25) is 0 Å². The molecule has 1 aliphatic heterocycles. The van der Waals surface area contributed by atoms with E-state index in [2.05, 4.69) is 0 Å². The number of carbonyl (C=O) groups excluding carboxylic acids is 1. The van der Waals surface area contributed by atoms with E-state index in [1.165, 1.54) is 25.3 Å². The normalized spacial score (nSPS) is 19.3. The van der Waals surface area contributed by atoms with Crippen molar-refractivity contribution in [3.8, 4) is 11.5 Å². The zero-order valence-electron chi connectivity index (χ0n) is 15.6. The molecule has 0 bridgehead atoms. The number of hydrogen-bond donors (Lipinski definition) is 0. The SMILES string of the molecule is CC[C@H](C)N(C(=O)COc1ccc(OC)cc1[N+](=O)[O-])[C@@H]1CCS(=O)(=O)C1. The molecule has 0 unspecified atom stereocenters. The van der Waals surface area contributed by atoms with Gasteiger partial charge < -0.3 is 14.4 Å². The predicted octanol–water partition coefficient (Wildman–Crippen LogP) is 1.80. The van der Waals surface area contributed by atoms with Gasteiger partial charge in [0.15, 0.2) is 22.2 Å². The number of benzene rings is 1. The molecule has 0 saturated carbocycles. The molecule has 1 aromatic carbocycles. The van der Waals surface area contributed by atoms with Crippen LogP contribution in [-0.2, 0) is 14.6 Å². The molecule has 0 N–H and O–H groups in total. The lowest BCUT2D eigenvalue weighted by Gasteiger charge is -2.33. The summed E-state index contributed by atoms with van der Waals surface area (Å²) in [6, 6.07) is 3.54. The number of nitro groups is 1. The van der Waals surface area contributed by atoms with E-state index in [1.54, 1.807) is 4.90 Å². The van der Waals surface area contributed by atoms with Crippen LogP contribution >= 0.6 is 0 Å². The fraction of sp³-hybridized carbons (Fsp3) is 0.588. The average Bonchev–Trinajstić information content (AvgIpc) is 2.98. The monoisotopic (exact) mass is 400 g/mol. The van der Waals surface area contributed by atoms with Crippen LogP contribution in [-0.4, -0.2) is 61.5 Å². The van der Waals surface area contributed by atoms with Crippen molar-refractivity contribution in [1.82, 2.24) is 4.90 Å². The number of hydrogen-bond acceptors (Lipinski definition) is 7. The lowest BCUT2D eigenvalue weighted by molar-refractivity contribution is -0.385. The van der Waals surface area contributed by atoms with Crippen molar-refractivity contribution in [2.24, 2.45) is 0 Å². The van der Waals surface area contributed by atoms with Crippen LogP contribution in [0.5, 0.6) is 11.5 Å². The Hall–Kier alpha value is -2.36. The van der Waals surface area contributed by atoms with Crippen LogP contribution in [0.1, 0.15) is 26.7 Å². The molecule has 1 aromatic rings. The van der Waals surface area contributed by atoms with E-state index in [0.717, 1.165) is 0 Å². The molecule has 10 heteroatoms. The standard InChI is InChI=1S/C17H24N2O7S/c1-4-12(2)18(13-7-8-27(23,24)11-13)17(20)10-26-16-6-5-14(25-3)9-15(16)19(21)22/h5-6,9,12-13H,4,7-8,10-11H2,1-3H3/t12-,13+/m0/s1. The zero-order chi connectivity index (χ0) is 20.2. The van der Waals surface area contributed by atoms with E-state index in [1.807, 2.05) is 13.8 Å². The number of rotatable bonds is 8. The van der Waals surface area contributed by atoms with Crippen molar-refractivity contribution in [1.29, 1.82) is 0 Å². The van der Waals surface area contributed by atoms with Crippen LogP contribution in [0.15, 0.2) is 18.2 Å². The molecule has 0 aromatic heterocycles. The lowest BCUT2D eigenvalue weighted by Crippen LogP contribution is -2.48. The van der Waals surface area contributed by atoms with Gasteiger partial charge in [0.1, 0.15) is 5.75 Å². The first-order valence-electron chi connectivity index (χ1n) is 8.65. The highest BCUT2D eigenvalue weighted by Gasteiger charge is 2.36. The summed E-state index contributed by atoms with van der Waals surface area (Å²) in [7, 11) is -1.75. The van der Waals surface area contributed by atoms with Crippen molar-refractivity contribution >= 4 is 21.4 Å². The van der Waals surface area contributed by atoms with E-state index in [-0.39, 0.29) is 29.0 Å². The second kappa shape index (κ2) is 8.55. The maximum atomic E-state index is 12.7. The molecule has 27 heavy (non-hydrogen) atoms. The zero-order valence-corrected chi connectivity index (χ0v) is 16.4. The lowest BCUT2D eigenvalue weighted by atomic mass is 10.1. The van der Waals surface area contributed by atoms with Gasteiger partial charge in [0.25, 0.3) is 5.91 Å². The van der Waals surface area contributed by atoms with E-state index in [4.69, 9.17) is 9.47 Å². The highest BCUT2D eigenvalue weighted by molar-refractivity contribution is 7.91. The van der Waals surface area contributed by atoms with Crippen molar-refractivity contribution in [2.75, 3.05) is 25.2 Å². The minimum absolute atomic E-state index is 0.0442. The Morgan fingerprint density at radius 3 is 2.67 bits per heavy atom. The Kier molecular flexibility index (Phi) is 6.63. The first-order valence-corrected chi connectivity index (χ1v) is 10.5. The third kappa shape index (κ3) is 5.09. The largest absolute Gasteiger partial charge is 0.496 e. The van der Waals surface area contributed by atoms with Crippen LogP contribution < -0.4 is 9.47 Å². The first-order chi connectivity index (χ1) is 12.7. The van der Waals surface area contributed by atoms with Crippen LogP contribution in [0.3, 0.4) is 0 Å². The van der Waals surface area contributed by atoms with E-state index in [0.29, 0.717) is 18.6 Å². The molecular formula is C17H24N2O7S. The van der Waals surface area contributed by atoms with E-state index in [9.17, 15) is 23.3 Å². The molecule has 0 spiro atoms. The molecule has 1 heterocycles. The predicted molar refractivity (Wildman–Crippen MR) is 98.8 cm³/mol. The van der Waals surface area contributed by atoms with Crippen molar-refractivity contribution in [3.05, 3.63) is 28.3 Å². The van der Waals surface area contributed by atoms with Gasteiger partial charge in [0.2, 0.25) is 0 Å². The van der Waals surface area contributed by atoms with Gasteiger partial charge in [-0.15, -0.1) is 0 Å². The molecule has 1 saturated heterocycles. The van der Waals surface area contributed by atoms with Crippen LogP contribution in [0, 0.1) is 10.1 Å². The number of amides is 1. The van der Waals surface area contributed by atoms with Crippen molar-refractivity contribution in [2.45, 2.75) is 38.8 Å². The molecule has 150 valence electrons. The summed E-state index contributed by atoms with van der Waals surface area (Å²) in [6.07, 6.45) is 1.05. The Bertz CT molecular complexity index is 809. The Labute approximate surface area is 158 Å². The fourth-order valence-corrected chi connectivity index (χ4v) is 4.82. The third-order valence-corrected chi connectivity index (χ3v) is 6.42. The summed E-state index contributed by atoms with van der Waals surface area (Å²) >= 11 is 0. The Balaban J connectivity index is 2.15. The summed E-state index contributed by atoms with van der Waals surface area (Å²) in [6.45, 7) is 3.34. The fourth-order valence-electron chi connectivity index (χ4n) is 3.10. The van der Waals surface area contributed by atoms with Crippen LogP contribution in [0.4, 0.5) is 5.69 Å². The summed E-state index contributed by atoms with van der Waals surface area (Å²) in [5.41, 5.74) is -0.305. The first kappa shape index (κ1) is 20.9. The summed E-state index contributed by atoms with van der Waals surface area (Å²) in [5, 5.41) is 11.2. The molecule has 1 fully saturated rings. The van der Waals surface area contributed by atoms with Gasteiger partial charge >= 0.3 is 5.69 Å². The molecule has 0 radical (unpaired) electrons. The highest BCUT2D eigenvalue weighted by atomic mass is 32.2. The van der Waals surface area contributed by atoms with Crippen molar-refractivity contribution < 1.29 is 27.6 Å². The van der Waals surface area contributed by atoms with Gasteiger partial charge in [-0.05, 0) is 31.9 Å². The summed E-state index contributed by atoms with van der Waals surface area (Å²) in [5.74, 6) is -0.138. The highest BCUT2D eigenvalue weighted by Crippen LogP contribution is 2.31. The smallest absolute Gasteiger partial charge is 0.314 e. The average molecular weight is 400 g/mol. The molecule has 0 aliphatic carbocycles. The summed E-state index contributed by atoms with van der Waals surface area (Å²) < 4.78 is 33.9. The second-order valence-electron chi connectivity index (χ2n) is 6.49. The Morgan fingerprint density at radius 2 is 2.15 bits per heavy atom. The number of ether oxygens (including phenoxy) is 2. The van der Waals surface area contributed by atoms with Crippen LogP contribution in [0.25, 0.3) is 0 Å². The van der Waals surface area contributed by atoms with Gasteiger partial charge in [0.05, 0.1) is 29.6 Å². The molecule has 2 rings (SSSR count). The minimum Gasteiger partial charge on any atom is -0.496 e. The number of carbonyl (C=O) groups is 1. The third-order valence-electron chi connectivity index (χ3n) is 4.67. The molecule has 9 nitrogen and oxygen atoms in total. The van der Waals surface area contributed by atoms with Crippen molar-refractivity contribution in [3.63, 3.8) is 0 Å². The van der Waals surface area contributed by atoms with Gasteiger partial charge in [-0.3, -0.25) is 14.9 Å². The molecule has 1 amide bonds. The van der Waals surface area contributed by atoms with Gasteiger partial charge in [-0.1, -0.05) is 6.92 Å². The maximum absolute atomic E-state index is 12.7. The topological polar surface area (TPSA) is 116 Å². The molecular weight excluding hydrogens is 376 g/mol. The van der Waals surface area contributed by atoms with E-state index >= 15 is 0 Å². The number of sulfone groups is 1. The van der Waals surface area contributed by atoms with Gasteiger partial charge in [-0.25, -0.2) is 8.42 Å². The van der Waals surface area contributed by atoms with E-state index < -0.39 is 33.3 Å². The Morgan fingerprint density at radius 1 is 1.44 bits per heavy atom. The molecule has 2 atom stereocenters. The van der Waals surface area contributed by atoms with Gasteiger partial charge in [0, 0.05) is 12.1 Å². The van der Waals surface area contributed by atoms with Gasteiger partial charge in [-0.2, -0.15) is 0 Å². The second-order valence-corrected chi connectivity index (χ2v) is 8.72. The summed E-state index contributed by atoms with van der Waals surface area (Å²) in [4.78, 5) is 24.9. The number of nitro benzene ring substituents is 1. The molecule has 1 aliphatic rings. The maximum Gasteiger partial charge on any atom is 0.314 e. The number of methoxy groups -OCH3 is 1. The number of nitrogens with zero attached hydrogens (tertiary/aromatic N) is 2.